The van der Waals surface area contributed by atoms with Crippen molar-refractivity contribution in [1.82, 2.24) is 4.98 Å². The molecular weight excluding hydrogens is 285 g/mol. The quantitative estimate of drug-likeness (QED) is 0.816. The predicted molar refractivity (Wildman–Crippen MR) is 89.5 cm³/mol. The Kier molecular flexibility index (Phi) is 3.69. The monoisotopic (exact) mass is 305 g/mol. The SMILES string of the molecule is CC1(C)CCN(c2c(F)cc(N)c3cccnc23)CCS1. The Morgan fingerprint density at radius 3 is 3.00 bits per heavy atom. The van der Waals surface area contributed by atoms with Gasteiger partial charge in [-0.1, -0.05) is 13.8 Å². The summed E-state index contributed by atoms with van der Waals surface area (Å²) in [5.41, 5.74) is 7.64. The van der Waals surface area contributed by atoms with E-state index in [1.807, 2.05) is 23.9 Å². The van der Waals surface area contributed by atoms with Crippen molar-refractivity contribution in [2.75, 3.05) is 29.5 Å². The molecule has 21 heavy (non-hydrogen) atoms. The van der Waals surface area contributed by atoms with E-state index in [0.29, 0.717) is 16.9 Å². The summed E-state index contributed by atoms with van der Waals surface area (Å²) in [6, 6.07) is 5.15. The number of benzene rings is 1. The molecule has 3 rings (SSSR count). The van der Waals surface area contributed by atoms with E-state index in [2.05, 4.69) is 23.7 Å². The highest BCUT2D eigenvalue weighted by Gasteiger charge is 2.26. The second-order valence-electron chi connectivity index (χ2n) is 6.04. The van der Waals surface area contributed by atoms with Crippen molar-refractivity contribution in [3.05, 3.63) is 30.2 Å². The molecule has 1 aliphatic rings. The van der Waals surface area contributed by atoms with E-state index in [1.54, 1.807) is 6.20 Å². The normalized spacial score (nSPS) is 18.7. The number of aromatic nitrogens is 1. The van der Waals surface area contributed by atoms with Crippen LogP contribution >= 0.6 is 11.8 Å². The lowest BCUT2D eigenvalue weighted by Gasteiger charge is -2.25. The minimum absolute atomic E-state index is 0.238. The Bertz CT molecular complexity index is 672. The number of nitrogens with zero attached hydrogens (tertiary/aromatic N) is 2. The maximum absolute atomic E-state index is 14.5. The second-order valence-corrected chi connectivity index (χ2v) is 7.84. The molecule has 0 spiro atoms. The van der Waals surface area contributed by atoms with E-state index in [0.717, 1.165) is 30.6 Å². The number of pyridine rings is 1. The highest BCUT2D eigenvalue weighted by Crippen LogP contribution is 2.36. The lowest BCUT2D eigenvalue weighted by atomic mass is 10.1. The molecule has 2 heterocycles. The van der Waals surface area contributed by atoms with Crippen molar-refractivity contribution in [3.63, 3.8) is 0 Å². The zero-order valence-corrected chi connectivity index (χ0v) is 13.2. The van der Waals surface area contributed by atoms with Crippen molar-refractivity contribution in [1.29, 1.82) is 0 Å². The molecule has 2 N–H and O–H groups in total. The van der Waals surface area contributed by atoms with Gasteiger partial charge in [0.05, 0.1) is 11.2 Å². The van der Waals surface area contributed by atoms with Gasteiger partial charge < -0.3 is 10.6 Å². The summed E-state index contributed by atoms with van der Waals surface area (Å²) < 4.78 is 14.8. The number of rotatable bonds is 1. The molecule has 1 fully saturated rings. The summed E-state index contributed by atoms with van der Waals surface area (Å²) in [4.78, 5) is 6.49. The number of thioether (sulfide) groups is 1. The average Bonchev–Trinajstić information content (AvgIpc) is 2.60. The molecule has 0 saturated carbocycles. The molecule has 0 amide bonds. The van der Waals surface area contributed by atoms with E-state index in [9.17, 15) is 4.39 Å². The highest BCUT2D eigenvalue weighted by atomic mass is 32.2. The Morgan fingerprint density at radius 1 is 1.38 bits per heavy atom. The van der Waals surface area contributed by atoms with Gasteiger partial charge in [-0.2, -0.15) is 11.8 Å². The van der Waals surface area contributed by atoms with Crippen LogP contribution in [0.25, 0.3) is 10.9 Å². The number of hydrogen-bond donors (Lipinski definition) is 1. The first kappa shape index (κ1) is 14.4. The third kappa shape index (κ3) is 2.79. The van der Waals surface area contributed by atoms with Crippen molar-refractivity contribution >= 4 is 34.0 Å². The highest BCUT2D eigenvalue weighted by molar-refractivity contribution is 8.00. The van der Waals surface area contributed by atoms with E-state index >= 15 is 0 Å². The van der Waals surface area contributed by atoms with Crippen LogP contribution in [0.3, 0.4) is 0 Å². The van der Waals surface area contributed by atoms with E-state index < -0.39 is 0 Å². The van der Waals surface area contributed by atoms with Crippen molar-refractivity contribution < 1.29 is 4.39 Å². The molecule has 5 heteroatoms. The van der Waals surface area contributed by atoms with Crippen LogP contribution in [0.15, 0.2) is 24.4 Å². The largest absolute Gasteiger partial charge is 0.398 e. The van der Waals surface area contributed by atoms with E-state index in [4.69, 9.17) is 5.73 Å². The van der Waals surface area contributed by atoms with Gasteiger partial charge in [0.1, 0.15) is 0 Å². The number of nitrogen functional groups attached to an aromatic ring is 1. The predicted octanol–water partition coefficient (Wildman–Crippen LogP) is 3.68. The fraction of sp³-hybridized carbons (Fsp3) is 0.438. The zero-order chi connectivity index (χ0) is 15.0. The minimum atomic E-state index is -0.275. The molecule has 0 unspecified atom stereocenters. The van der Waals surface area contributed by atoms with Crippen LogP contribution in [0, 0.1) is 5.82 Å². The molecule has 112 valence electrons. The molecule has 1 aliphatic heterocycles. The summed E-state index contributed by atoms with van der Waals surface area (Å²) >= 11 is 1.94. The molecule has 3 nitrogen and oxygen atoms in total. The van der Waals surface area contributed by atoms with Crippen molar-refractivity contribution in [3.8, 4) is 0 Å². The number of fused-ring (bicyclic) bond motifs is 1. The Hall–Kier alpha value is -1.49. The minimum Gasteiger partial charge on any atom is -0.398 e. The first-order chi connectivity index (χ1) is 9.98. The average molecular weight is 305 g/mol. The summed E-state index contributed by atoms with van der Waals surface area (Å²) in [7, 11) is 0. The Balaban J connectivity index is 2.08. The fourth-order valence-corrected chi connectivity index (χ4v) is 3.87. The molecule has 1 aromatic heterocycles. The maximum atomic E-state index is 14.5. The van der Waals surface area contributed by atoms with Gasteiger partial charge >= 0.3 is 0 Å². The number of halogens is 1. The molecule has 0 aliphatic carbocycles. The molecule has 0 atom stereocenters. The van der Waals surface area contributed by atoms with E-state index in [1.165, 1.54) is 6.07 Å². The van der Waals surface area contributed by atoms with Crippen LogP contribution in [0.4, 0.5) is 15.8 Å². The topological polar surface area (TPSA) is 42.1 Å². The Morgan fingerprint density at radius 2 is 2.19 bits per heavy atom. The Labute approximate surface area is 128 Å². The second kappa shape index (κ2) is 5.37. The lowest BCUT2D eigenvalue weighted by molar-refractivity contribution is 0.604. The third-order valence-corrected chi connectivity index (χ3v) is 5.38. The summed E-state index contributed by atoms with van der Waals surface area (Å²) in [6.07, 6.45) is 2.72. The number of anilines is 2. The van der Waals surface area contributed by atoms with Crippen molar-refractivity contribution in [2.24, 2.45) is 0 Å². The molecule has 0 bridgehead atoms. The van der Waals surface area contributed by atoms with Gasteiger partial charge in [0.15, 0.2) is 5.82 Å². The van der Waals surface area contributed by atoms with Gasteiger partial charge in [-0.15, -0.1) is 0 Å². The van der Waals surface area contributed by atoms with Crippen LogP contribution in [-0.4, -0.2) is 28.6 Å². The van der Waals surface area contributed by atoms with Gasteiger partial charge in [-0.25, -0.2) is 4.39 Å². The smallest absolute Gasteiger partial charge is 0.150 e. The van der Waals surface area contributed by atoms with Crippen LogP contribution in [0.1, 0.15) is 20.3 Å². The first-order valence-electron chi connectivity index (χ1n) is 7.19. The fourth-order valence-electron chi connectivity index (χ4n) is 2.77. The zero-order valence-electron chi connectivity index (χ0n) is 12.4. The van der Waals surface area contributed by atoms with Crippen LogP contribution < -0.4 is 10.6 Å². The van der Waals surface area contributed by atoms with Crippen LogP contribution in [0.5, 0.6) is 0 Å². The molecule has 1 saturated heterocycles. The van der Waals surface area contributed by atoms with Gasteiger partial charge in [0.25, 0.3) is 0 Å². The van der Waals surface area contributed by atoms with Gasteiger partial charge in [0.2, 0.25) is 0 Å². The molecular formula is C16H20FN3S. The number of hydrogen-bond acceptors (Lipinski definition) is 4. The first-order valence-corrected chi connectivity index (χ1v) is 8.18. The molecule has 1 aromatic carbocycles. The van der Waals surface area contributed by atoms with Crippen LogP contribution in [-0.2, 0) is 0 Å². The number of nitrogens with two attached hydrogens (primary N) is 1. The van der Waals surface area contributed by atoms with Gasteiger partial charge in [-0.3, -0.25) is 4.98 Å². The van der Waals surface area contributed by atoms with Gasteiger partial charge in [0, 0.05) is 40.9 Å². The van der Waals surface area contributed by atoms with E-state index in [-0.39, 0.29) is 10.6 Å². The third-order valence-electron chi connectivity index (χ3n) is 4.01. The lowest BCUT2D eigenvalue weighted by Crippen LogP contribution is -2.28. The molecule has 0 radical (unpaired) electrons. The summed E-state index contributed by atoms with van der Waals surface area (Å²) in [5.74, 6) is 0.717. The maximum Gasteiger partial charge on any atom is 0.150 e. The molecule has 2 aromatic rings. The summed E-state index contributed by atoms with van der Waals surface area (Å²) in [6.45, 7) is 6.17. The van der Waals surface area contributed by atoms with Crippen LogP contribution in [0.2, 0.25) is 0 Å². The van der Waals surface area contributed by atoms with Gasteiger partial charge in [-0.05, 0) is 24.6 Å². The standard InChI is InChI=1S/C16H20FN3S/c1-16(2)5-7-20(8-9-21-16)15-12(17)10-13(18)11-4-3-6-19-14(11)15/h3-4,6,10H,5,7-9,18H2,1-2H3. The van der Waals surface area contributed by atoms with Crippen molar-refractivity contribution in [2.45, 2.75) is 25.0 Å². The summed E-state index contributed by atoms with van der Waals surface area (Å²) in [5, 5.41) is 0.824.